The SMILES string of the molecule is Fc1ccc(-c2cnnc(SCCN3CCCCC3)n2)cc1F. The van der Waals surface area contributed by atoms with Gasteiger partial charge in [-0.25, -0.2) is 13.8 Å². The van der Waals surface area contributed by atoms with Crippen LogP contribution in [0.1, 0.15) is 19.3 Å². The Morgan fingerprint density at radius 2 is 1.91 bits per heavy atom. The van der Waals surface area contributed by atoms with Crippen molar-refractivity contribution < 1.29 is 8.78 Å². The second kappa shape index (κ2) is 7.79. The Hall–Kier alpha value is -1.60. The third kappa shape index (κ3) is 4.45. The molecule has 1 aliphatic heterocycles. The molecule has 1 fully saturated rings. The largest absolute Gasteiger partial charge is 0.303 e. The molecule has 1 saturated heterocycles. The summed E-state index contributed by atoms with van der Waals surface area (Å²) in [6.45, 7) is 3.33. The third-order valence-electron chi connectivity index (χ3n) is 3.84. The lowest BCUT2D eigenvalue weighted by atomic mass is 10.1. The van der Waals surface area contributed by atoms with Gasteiger partial charge >= 0.3 is 0 Å². The first-order valence-electron chi connectivity index (χ1n) is 7.73. The van der Waals surface area contributed by atoms with Gasteiger partial charge in [0.25, 0.3) is 0 Å². The van der Waals surface area contributed by atoms with E-state index in [1.165, 1.54) is 43.3 Å². The highest BCUT2D eigenvalue weighted by Gasteiger charge is 2.11. The number of nitrogens with zero attached hydrogens (tertiary/aromatic N) is 4. The summed E-state index contributed by atoms with van der Waals surface area (Å²) in [5.41, 5.74) is 0.996. The van der Waals surface area contributed by atoms with Crippen LogP contribution in [0.4, 0.5) is 8.78 Å². The van der Waals surface area contributed by atoms with Gasteiger partial charge in [-0.2, -0.15) is 5.10 Å². The van der Waals surface area contributed by atoms with Gasteiger partial charge in [-0.15, -0.1) is 5.10 Å². The van der Waals surface area contributed by atoms with E-state index in [2.05, 4.69) is 20.1 Å². The summed E-state index contributed by atoms with van der Waals surface area (Å²) < 4.78 is 26.3. The number of piperidine rings is 1. The summed E-state index contributed by atoms with van der Waals surface area (Å²) in [6, 6.07) is 3.71. The van der Waals surface area contributed by atoms with Gasteiger partial charge < -0.3 is 4.90 Å². The predicted octanol–water partition coefficient (Wildman–Crippen LogP) is 3.39. The van der Waals surface area contributed by atoms with E-state index in [4.69, 9.17) is 0 Å². The lowest BCUT2D eigenvalue weighted by Gasteiger charge is -2.25. The lowest BCUT2D eigenvalue weighted by molar-refractivity contribution is 0.242. The minimum Gasteiger partial charge on any atom is -0.303 e. The van der Waals surface area contributed by atoms with Crippen LogP contribution in [0.2, 0.25) is 0 Å². The fourth-order valence-corrected chi connectivity index (χ4v) is 3.39. The average molecular weight is 336 g/mol. The first kappa shape index (κ1) is 16.3. The first-order chi connectivity index (χ1) is 11.2. The molecule has 23 heavy (non-hydrogen) atoms. The van der Waals surface area contributed by atoms with Crippen LogP contribution in [-0.2, 0) is 0 Å². The van der Waals surface area contributed by atoms with Crippen LogP contribution >= 0.6 is 11.8 Å². The second-order valence-electron chi connectivity index (χ2n) is 5.50. The maximum absolute atomic E-state index is 13.3. The van der Waals surface area contributed by atoms with Gasteiger partial charge in [0.05, 0.1) is 11.9 Å². The molecule has 1 aromatic heterocycles. The molecule has 0 saturated carbocycles. The Morgan fingerprint density at radius 1 is 1.09 bits per heavy atom. The number of benzene rings is 1. The van der Waals surface area contributed by atoms with E-state index >= 15 is 0 Å². The van der Waals surface area contributed by atoms with Crippen LogP contribution in [0.3, 0.4) is 0 Å². The van der Waals surface area contributed by atoms with Crippen molar-refractivity contribution in [1.29, 1.82) is 0 Å². The Morgan fingerprint density at radius 3 is 2.70 bits per heavy atom. The van der Waals surface area contributed by atoms with Gasteiger partial charge in [-0.05, 0) is 44.1 Å². The van der Waals surface area contributed by atoms with Crippen molar-refractivity contribution >= 4 is 11.8 Å². The number of hydrogen-bond acceptors (Lipinski definition) is 5. The molecule has 0 spiro atoms. The van der Waals surface area contributed by atoms with Crippen LogP contribution < -0.4 is 0 Å². The Labute approximate surface area is 138 Å². The van der Waals surface area contributed by atoms with Gasteiger partial charge in [0.2, 0.25) is 5.16 Å². The molecular weight excluding hydrogens is 318 g/mol. The van der Waals surface area contributed by atoms with Gasteiger partial charge in [0.15, 0.2) is 11.6 Å². The molecule has 2 heterocycles. The van der Waals surface area contributed by atoms with Crippen LogP contribution in [-0.4, -0.2) is 45.5 Å². The van der Waals surface area contributed by atoms with E-state index in [1.54, 1.807) is 0 Å². The highest BCUT2D eigenvalue weighted by Crippen LogP contribution is 2.21. The molecule has 0 N–H and O–H groups in total. The van der Waals surface area contributed by atoms with Crippen molar-refractivity contribution in [3.63, 3.8) is 0 Å². The fraction of sp³-hybridized carbons (Fsp3) is 0.438. The lowest BCUT2D eigenvalue weighted by Crippen LogP contribution is -2.31. The molecule has 2 aromatic rings. The Balaban J connectivity index is 1.61. The smallest absolute Gasteiger partial charge is 0.209 e. The van der Waals surface area contributed by atoms with Crippen LogP contribution in [0.5, 0.6) is 0 Å². The number of thioether (sulfide) groups is 1. The zero-order chi connectivity index (χ0) is 16.1. The van der Waals surface area contributed by atoms with E-state index < -0.39 is 11.6 Å². The van der Waals surface area contributed by atoms with Crippen molar-refractivity contribution in [3.8, 4) is 11.3 Å². The number of aromatic nitrogens is 3. The van der Waals surface area contributed by atoms with Crippen molar-refractivity contribution in [2.24, 2.45) is 0 Å². The van der Waals surface area contributed by atoms with E-state index in [9.17, 15) is 8.78 Å². The predicted molar refractivity (Wildman–Crippen MR) is 86.2 cm³/mol. The Bertz CT molecular complexity index is 662. The second-order valence-corrected chi connectivity index (χ2v) is 6.57. The molecule has 4 nitrogen and oxygen atoms in total. The quantitative estimate of drug-likeness (QED) is 0.783. The molecule has 0 amide bonds. The molecule has 3 rings (SSSR count). The summed E-state index contributed by atoms with van der Waals surface area (Å²) in [7, 11) is 0. The normalized spacial score (nSPS) is 15.7. The fourth-order valence-electron chi connectivity index (χ4n) is 2.59. The van der Waals surface area contributed by atoms with Crippen molar-refractivity contribution in [2.45, 2.75) is 24.4 Å². The van der Waals surface area contributed by atoms with Gasteiger partial charge in [-0.3, -0.25) is 0 Å². The monoisotopic (exact) mass is 336 g/mol. The standard InChI is InChI=1S/C16H18F2N4S/c17-13-5-4-12(10-14(13)18)15-11-19-21-16(20-15)23-9-8-22-6-2-1-3-7-22/h4-5,10-11H,1-3,6-9H2. The number of rotatable bonds is 5. The van der Waals surface area contributed by atoms with Crippen LogP contribution in [0.15, 0.2) is 29.6 Å². The molecule has 0 atom stereocenters. The third-order valence-corrected chi connectivity index (χ3v) is 4.66. The highest BCUT2D eigenvalue weighted by molar-refractivity contribution is 7.99. The average Bonchev–Trinajstić information content (AvgIpc) is 2.59. The van der Waals surface area contributed by atoms with Crippen molar-refractivity contribution in [1.82, 2.24) is 20.1 Å². The van der Waals surface area contributed by atoms with Crippen molar-refractivity contribution in [3.05, 3.63) is 36.0 Å². The highest BCUT2D eigenvalue weighted by atomic mass is 32.2. The number of likely N-dealkylation sites (tertiary alicyclic amines) is 1. The molecule has 1 aliphatic rings. The Kier molecular flexibility index (Phi) is 5.51. The summed E-state index contributed by atoms with van der Waals surface area (Å²) in [4.78, 5) is 6.83. The molecule has 0 aliphatic carbocycles. The zero-order valence-corrected chi connectivity index (χ0v) is 13.5. The minimum absolute atomic E-state index is 0.497. The van der Waals surface area contributed by atoms with E-state index in [1.807, 2.05) is 0 Å². The van der Waals surface area contributed by atoms with E-state index in [-0.39, 0.29) is 0 Å². The summed E-state index contributed by atoms with van der Waals surface area (Å²) in [6.07, 6.45) is 5.33. The van der Waals surface area contributed by atoms with Gasteiger partial charge in [-0.1, -0.05) is 18.2 Å². The maximum atomic E-state index is 13.3. The molecule has 0 bridgehead atoms. The summed E-state index contributed by atoms with van der Waals surface area (Å²) in [5.74, 6) is -0.865. The first-order valence-corrected chi connectivity index (χ1v) is 8.71. The number of halogens is 2. The van der Waals surface area contributed by atoms with E-state index in [0.717, 1.165) is 37.5 Å². The minimum atomic E-state index is -0.889. The summed E-state index contributed by atoms with van der Waals surface area (Å²) in [5, 5.41) is 8.48. The molecule has 0 unspecified atom stereocenters. The molecule has 1 aromatic carbocycles. The number of hydrogen-bond donors (Lipinski definition) is 0. The molecule has 7 heteroatoms. The van der Waals surface area contributed by atoms with Crippen LogP contribution in [0.25, 0.3) is 11.3 Å². The molecular formula is C16H18F2N4S. The van der Waals surface area contributed by atoms with Crippen molar-refractivity contribution in [2.75, 3.05) is 25.4 Å². The van der Waals surface area contributed by atoms with E-state index in [0.29, 0.717) is 16.4 Å². The summed E-state index contributed by atoms with van der Waals surface area (Å²) >= 11 is 1.54. The van der Waals surface area contributed by atoms with Gasteiger partial charge in [0.1, 0.15) is 0 Å². The topological polar surface area (TPSA) is 41.9 Å². The van der Waals surface area contributed by atoms with Crippen LogP contribution in [0, 0.1) is 11.6 Å². The maximum Gasteiger partial charge on any atom is 0.209 e. The van der Waals surface area contributed by atoms with Gasteiger partial charge in [0, 0.05) is 17.9 Å². The molecule has 0 radical (unpaired) electrons. The zero-order valence-electron chi connectivity index (χ0n) is 12.7. The molecule has 122 valence electrons.